The van der Waals surface area contributed by atoms with Crippen LogP contribution in [-0.2, 0) is 4.79 Å². The van der Waals surface area contributed by atoms with Crippen molar-refractivity contribution in [3.63, 3.8) is 0 Å². The third-order valence-electron chi connectivity index (χ3n) is 5.22. The van der Waals surface area contributed by atoms with Gasteiger partial charge in [-0.1, -0.05) is 6.42 Å². The molecule has 2 amide bonds. The molecule has 1 aromatic heterocycles. The minimum absolute atomic E-state index is 0.0108. The van der Waals surface area contributed by atoms with Gasteiger partial charge in [0.2, 0.25) is 5.91 Å². The van der Waals surface area contributed by atoms with Crippen LogP contribution >= 0.6 is 0 Å². The van der Waals surface area contributed by atoms with Crippen LogP contribution in [0.4, 0.5) is 0 Å². The maximum absolute atomic E-state index is 12.4. The number of carbonyl (C=O) groups excluding carboxylic acids is 2. The first kappa shape index (κ1) is 14.2. The molecule has 5 heteroatoms. The van der Waals surface area contributed by atoms with Gasteiger partial charge in [0.05, 0.1) is 11.8 Å². The van der Waals surface area contributed by atoms with Gasteiger partial charge in [0.25, 0.3) is 5.91 Å². The molecule has 1 aromatic rings. The molecule has 0 spiro atoms. The number of piperidine rings is 1. The maximum atomic E-state index is 12.4. The Hall–Kier alpha value is -1.78. The van der Waals surface area contributed by atoms with Crippen molar-refractivity contribution < 1.29 is 14.0 Å². The second kappa shape index (κ2) is 5.20. The highest BCUT2D eigenvalue weighted by Crippen LogP contribution is 2.48. The summed E-state index contributed by atoms with van der Waals surface area (Å²) in [6.07, 6.45) is 7.78. The second-order valence-corrected chi connectivity index (χ2v) is 6.45. The van der Waals surface area contributed by atoms with Gasteiger partial charge in [-0.05, 0) is 25.3 Å². The quantitative estimate of drug-likeness (QED) is 0.857. The summed E-state index contributed by atoms with van der Waals surface area (Å²) in [5.41, 5.74) is 0.653. The Morgan fingerprint density at radius 1 is 1.52 bits per heavy atom. The maximum Gasteiger partial charge on any atom is 0.256 e. The third kappa shape index (κ3) is 2.34. The van der Waals surface area contributed by atoms with Crippen molar-refractivity contribution in [2.45, 2.75) is 38.1 Å². The number of likely N-dealkylation sites (tertiary alicyclic amines) is 1. The van der Waals surface area contributed by atoms with E-state index < -0.39 is 0 Å². The molecule has 1 aliphatic carbocycles. The zero-order chi connectivity index (χ0) is 15.0. The number of furan rings is 1. The van der Waals surface area contributed by atoms with Gasteiger partial charge in [0.15, 0.2) is 0 Å². The van der Waals surface area contributed by atoms with E-state index in [1.807, 2.05) is 19.0 Å². The molecule has 0 unspecified atom stereocenters. The molecule has 21 heavy (non-hydrogen) atoms. The van der Waals surface area contributed by atoms with Crippen LogP contribution in [0.5, 0.6) is 0 Å². The molecule has 0 bridgehead atoms. The fourth-order valence-corrected chi connectivity index (χ4v) is 4.14. The summed E-state index contributed by atoms with van der Waals surface area (Å²) in [6, 6.07) is 1.97. The average Bonchev–Trinajstić information content (AvgIpc) is 3.12. The Morgan fingerprint density at radius 2 is 2.33 bits per heavy atom. The van der Waals surface area contributed by atoms with Crippen LogP contribution in [0.15, 0.2) is 23.0 Å². The van der Waals surface area contributed by atoms with Crippen LogP contribution in [0.1, 0.15) is 42.5 Å². The summed E-state index contributed by atoms with van der Waals surface area (Å²) in [5, 5.41) is 0. The molecular formula is C16H22N2O3. The van der Waals surface area contributed by atoms with Gasteiger partial charge in [-0.25, -0.2) is 0 Å². The van der Waals surface area contributed by atoms with Gasteiger partial charge in [0, 0.05) is 38.5 Å². The lowest BCUT2D eigenvalue weighted by atomic mass is 9.74. The van der Waals surface area contributed by atoms with Gasteiger partial charge in [0.1, 0.15) is 6.26 Å². The van der Waals surface area contributed by atoms with E-state index in [0.29, 0.717) is 18.5 Å². The van der Waals surface area contributed by atoms with Crippen molar-refractivity contribution in [1.29, 1.82) is 0 Å². The van der Waals surface area contributed by atoms with Crippen molar-refractivity contribution in [3.05, 3.63) is 24.2 Å². The van der Waals surface area contributed by atoms with E-state index >= 15 is 0 Å². The van der Waals surface area contributed by atoms with E-state index in [1.165, 1.54) is 12.5 Å². The molecular weight excluding hydrogens is 268 g/mol. The predicted octanol–water partition coefficient (Wildman–Crippen LogP) is 2.14. The summed E-state index contributed by atoms with van der Waals surface area (Å²) in [4.78, 5) is 28.0. The normalized spacial score (nSPS) is 28.6. The van der Waals surface area contributed by atoms with E-state index in [9.17, 15) is 9.59 Å². The van der Waals surface area contributed by atoms with Crippen molar-refractivity contribution in [2.24, 2.45) is 5.41 Å². The van der Waals surface area contributed by atoms with E-state index in [0.717, 1.165) is 25.7 Å². The van der Waals surface area contributed by atoms with Gasteiger partial charge >= 0.3 is 0 Å². The topological polar surface area (TPSA) is 53.8 Å². The molecule has 0 aromatic carbocycles. The van der Waals surface area contributed by atoms with Crippen LogP contribution < -0.4 is 0 Å². The van der Waals surface area contributed by atoms with Crippen LogP contribution in [0.25, 0.3) is 0 Å². The molecule has 2 fully saturated rings. The molecule has 1 saturated carbocycles. The fourth-order valence-electron chi connectivity index (χ4n) is 4.14. The smallest absolute Gasteiger partial charge is 0.256 e. The zero-order valence-corrected chi connectivity index (χ0v) is 12.7. The van der Waals surface area contributed by atoms with Gasteiger partial charge < -0.3 is 14.2 Å². The summed E-state index contributed by atoms with van der Waals surface area (Å²) in [7, 11) is 3.75. The first-order valence-electron chi connectivity index (χ1n) is 7.57. The van der Waals surface area contributed by atoms with Crippen LogP contribution in [-0.4, -0.2) is 48.3 Å². The number of amides is 2. The predicted molar refractivity (Wildman–Crippen MR) is 77.7 cm³/mol. The monoisotopic (exact) mass is 290 g/mol. The fraction of sp³-hybridized carbons (Fsp3) is 0.625. The van der Waals surface area contributed by atoms with E-state index in [2.05, 4.69) is 0 Å². The molecule has 2 aliphatic rings. The van der Waals surface area contributed by atoms with Crippen molar-refractivity contribution in [1.82, 2.24) is 9.80 Å². The lowest BCUT2D eigenvalue weighted by molar-refractivity contribution is -0.140. The van der Waals surface area contributed by atoms with E-state index in [-0.39, 0.29) is 23.3 Å². The first-order valence-corrected chi connectivity index (χ1v) is 7.57. The highest BCUT2D eigenvalue weighted by atomic mass is 16.3. The van der Waals surface area contributed by atoms with Crippen LogP contribution in [0, 0.1) is 5.41 Å². The minimum atomic E-state index is -0.0108. The average molecular weight is 290 g/mol. The molecule has 1 aliphatic heterocycles. The Morgan fingerprint density at radius 3 is 3.05 bits per heavy atom. The minimum Gasteiger partial charge on any atom is -0.472 e. The van der Waals surface area contributed by atoms with Gasteiger partial charge in [-0.15, -0.1) is 0 Å². The molecule has 1 saturated heterocycles. The zero-order valence-electron chi connectivity index (χ0n) is 12.7. The van der Waals surface area contributed by atoms with Crippen molar-refractivity contribution in [3.8, 4) is 0 Å². The molecule has 0 radical (unpaired) electrons. The molecule has 2 atom stereocenters. The number of carbonyl (C=O) groups is 2. The molecule has 3 rings (SSSR count). The van der Waals surface area contributed by atoms with Gasteiger partial charge in [-0.2, -0.15) is 0 Å². The Balaban J connectivity index is 1.76. The lowest BCUT2D eigenvalue weighted by Gasteiger charge is -2.46. The highest BCUT2D eigenvalue weighted by Gasteiger charge is 2.49. The molecule has 2 heterocycles. The van der Waals surface area contributed by atoms with E-state index in [1.54, 1.807) is 11.0 Å². The highest BCUT2D eigenvalue weighted by molar-refractivity contribution is 5.93. The second-order valence-electron chi connectivity index (χ2n) is 6.45. The van der Waals surface area contributed by atoms with Crippen molar-refractivity contribution >= 4 is 11.8 Å². The lowest BCUT2D eigenvalue weighted by Crippen LogP contribution is -2.54. The third-order valence-corrected chi connectivity index (χ3v) is 5.22. The number of hydrogen-bond acceptors (Lipinski definition) is 3. The summed E-state index contributed by atoms with van der Waals surface area (Å²) in [6.45, 7) is 0.708. The van der Waals surface area contributed by atoms with Crippen LogP contribution in [0.2, 0.25) is 0 Å². The van der Waals surface area contributed by atoms with E-state index in [4.69, 9.17) is 4.42 Å². The molecule has 5 nitrogen and oxygen atoms in total. The number of rotatable bonds is 3. The largest absolute Gasteiger partial charge is 0.472 e. The SMILES string of the molecule is CN(C[C@@]12CCC[C@H]1N(C)C(=O)CC2)C(=O)c1ccoc1. The van der Waals surface area contributed by atoms with Crippen LogP contribution in [0.3, 0.4) is 0 Å². The molecule has 114 valence electrons. The number of fused-ring (bicyclic) bond motifs is 1. The van der Waals surface area contributed by atoms with Crippen molar-refractivity contribution in [2.75, 3.05) is 20.6 Å². The first-order chi connectivity index (χ1) is 10.0. The Bertz CT molecular complexity index is 540. The number of hydrogen-bond donors (Lipinski definition) is 0. The summed E-state index contributed by atoms with van der Waals surface area (Å²) in [5.74, 6) is 0.227. The molecule has 0 N–H and O–H groups in total. The Kier molecular flexibility index (Phi) is 3.51. The Labute approximate surface area is 124 Å². The number of nitrogens with zero attached hydrogens (tertiary/aromatic N) is 2. The standard InChI is InChI=1S/C16H22N2O3/c1-17(15(20)12-6-9-21-10-12)11-16-7-3-4-13(16)18(2)14(19)5-8-16/h6,9-10,13H,3-5,7-8,11H2,1-2H3/t13-,16+/m1/s1. The van der Waals surface area contributed by atoms with Gasteiger partial charge in [-0.3, -0.25) is 9.59 Å². The summed E-state index contributed by atoms with van der Waals surface area (Å²) < 4.78 is 4.99. The summed E-state index contributed by atoms with van der Waals surface area (Å²) >= 11 is 0.